The molecule has 2 aromatic carbocycles. The van der Waals surface area contributed by atoms with Crippen LogP contribution in [0.25, 0.3) is 10.8 Å². The average molecular weight is 262 g/mol. The normalized spacial score (nSPS) is 11.2. The SMILES string of the molecule is CC(C)Cc1[c]c2ccc(Br)cc2cc1. The van der Waals surface area contributed by atoms with Crippen LogP contribution in [0.15, 0.2) is 34.8 Å². The maximum atomic E-state index is 3.48. The second-order valence-corrected chi connectivity index (χ2v) is 5.23. The standard InChI is InChI=1S/C14H14Br/c1-10(2)7-11-3-4-13-9-14(15)6-5-12(13)8-11/h3-6,9-10H,7H2,1-2H3. The maximum absolute atomic E-state index is 3.48. The van der Waals surface area contributed by atoms with E-state index in [9.17, 15) is 0 Å². The van der Waals surface area contributed by atoms with Crippen LogP contribution in [0.3, 0.4) is 0 Å². The smallest absolute Gasteiger partial charge is 0.0181 e. The first-order chi connectivity index (χ1) is 7.15. The van der Waals surface area contributed by atoms with Crippen molar-refractivity contribution in [3.63, 3.8) is 0 Å². The highest BCUT2D eigenvalue weighted by atomic mass is 79.9. The molecule has 1 heteroatoms. The van der Waals surface area contributed by atoms with Crippen LogP contribution in [0.4, 0.5) is 0 Å². The Labute approximate surface area is 99.4 Å². The first-order valence-corrected chi connectivity index (χ1v) is 6.05. The summed E-state index contributed by atoms with van der Waals surface area (Å²) in [6, 6.07) is 14.1. The van der Waals surface area contributed by atoms with Crippen LogP contribution < -0.4 is 0 Å². The predicted molar refractivity (Wildman–Crippen MR) is 69.0 cm³/mol. The van der Waals surface area contributed by atoms with E-state index in [1.165, 1.54) is 16.3 Å². The van der Waals surface area contributed by atoms with Crippen molar-refractivity contribution in [2.24, 2.45) is 5.92 Å². The van der Waals surface area contributed by atoms with Gasteiger partial charge in [-0.3, -0.25) is 0 Å². The second-order valence-electron chi connectivity index (χ2n) is 4.31. The number of rotatable bonds is 2. The molecule has 1 radical (unpaired) electrons. The van der Waals surface area contributed by atoms with Crippen molar-refractivity contribution in [3.8, 4) is 0 Å². The molecular formula is C14H14Br. The van der Waals surface area contributed by atoms with E-state index in [1.54, 1.807) is 0 Å². The molecule has 0 nitrogen and oxygen atoms in total. The largest absolute Gasteiger partial charge is 0.0625 e. The number of benzene rings is 2. The monoisotopic (exact) mass is 261 g/mol. The number of halogens is 1. The van der Waals surface area contributed by atoms with Crippen molar-refractivity contribution in [1.29, 1.82) is 0 Å². The average Bonchev–Trinajstić information content (AvgIpc) is 2.17. The van der Waals surface area contributed by atoms with E-state index in [2.05, 4.69) is 66.2 Å². The fraction of sp³-hybridized carbons (Fsp3) is 0.286. The number of hydrogen-bond donors (Lipinski definition) is 0. The van der Waals surface area contributed by atoms with Crippen LogP contribution in [-0.2, 0) is 6.42 Å². The molecule has 0 spiro atoms. The highest BCUT2D eigenvalue weighted by molar-refractivity contribution is 9.10. The molecule has 0 saturated carbocycles. The van der Waals surface area contributed by atoms with Gasteiger partial charge in [-0.25, -0.2) is 0 Å². The van der Waals surface area contributed by atoms with Gasteiger partial charge < -0.3 is 0 Å². The van der Waals surface area contributed by atoms with Gasteiger partial charge in [0.05, 0.1) is 0 Å². The Balaban J connectivity index is 2.43. The van der Waals surface area contributed by atoms with E-state index in [0.717, 1.165) is 10.9 Å². The van der Waals surface area contributed by atoms with Crippen molar-refractivity contribution in [3.05, 3.63) is 46.4 Å². The van der Waals surface area contributed by atoms with Gasteiger partial charge in [-0.2, -0.15) is 0 Å². The van der Waals surface area contributed by atoms with Gasteiger partial charge >= 0.3 is 0 Å². The van der Waals surface area contributed by atoms with Crippen LogP contribution in [0, 0.1) is 12.0 Å². The molecule has 0 saturated heterocycles. The number of fused-ring (bicyclic) bond motifs is 1. The predicted octanol–water partition coefficient (Wildman–Crippen LogP) is 4.60. The van der Waals surface area contributed by atoms with Crippen molar-refractivity contribution in [2.75, 3.05) is 0 Å². The minimum Gasteiger partial charge on any atom is -0.0625 e. The van der Waals surface area contributed by atoms with Crippen LogP contribution in [0.5, 0.6) is 0 Å². The van der Waals surface area contributed by atoms with Crippen LogP contribution >= 0.6 is 15.9 Å². The topological polar surface area (TPSA) is 0 Å². The molecule has 0 N–H and O–H groups in total. The summed E-state index contributed by atoms with van der Waals surface area (Å²) in [6.45, 7) is 4.47. The molecule has 0 atom stereocenters. The van der Waals surface area contributed by atoms with E-state index in [0.29, 0.717) is 5.92 Å². The van der Waals surface area contributed by atoms with Crippen molar-refractivity contribution in [1.82, 2.24) is 0 Å². The molecule has 0 amide bonds. The van der Waals surface area contributed by atoms with Gasteiger partial charge in [-0.15, -0.1) is 0 Å². The molecular weight excluding hydrogens is 248 g/mol. The zero-order chi connectivity index (χ0) is 10.8. The lowest BCUT2D eigenvalue weighted by Crippen LogP contribution is -1.93. The van der Waals surface area contributed by atoms with Crippen molar-refractivity contribution in [2.45, 2.75) is 20.3 Å². The highest BCUT2D eigenvalue weighted by Gasteiger charge is 2.00. The summed E-state index contributed by atoms with van der Waals surface area (Å²) in [4.78, 5) is 0. The van der Waals surface area contributed by atoms with E-state index in [1.807, 2.05) is 0 Å². The fourth-order valence-corrected chi connectivity index (χ4v) is 2.13. The zero-order valence-electron chi connectivity index (χ0n) is 9.05. The van der Waals surface area contributed by atoms with E-state index < -0.39 is 0 Å². The van der Waals surface area contributed by atoms with Gasteiger partial charge in [0, 0.05) is 4.47 Å². The highest BCUT2D eigenvalue weighted by Crippen LogP contribution is 2.21. The molecule has 0 heterocycles. The Morgan fingerprint density at radius 1 is 1.20 bits per heavy atom. The maximum Gasteiger partial charge on any atom is 0.0181 e. The van der Waals surface area contributed by atoms with Crippen LogP contribution in [0.2, 0.25) is 0 Å². The lowest BCUT2D eigenvalue weighted by molar-refractivity contribution is 0.647. The minimum absolute atomic E-state index is 0.689. The number of hydrogen-bond acceptors (Lipinski definition) is 0. The van der Waals surface area contributed by atoms with E-state index in [-0.39, 0.29) is 0 Å². The fourth-order valence-electron chi connectivity index (χ4n) is 1.75. The first kappa shape index (κ1) is 10.7. The summed E-state index contributed by atoms with van der Waals surface area (Å²) in [7, 11) is 0. The summed E-state index contributed by atoms with van der Waals surface area (Å²) in [5.41, 5.74) is 1.31. The van der Waals surface area contributed by atoms with Gasteiger partial charge in [0.15, 0.2) is 0 Å². The zero-order valence-corrected chi connectivity index (χ0v) is 10.6. The molecule has 2 aromatic rings. The third kappa shape index (κ3) is 2.60. The molecule has 0 aromatic heterocycles. The Kier molecular flexibility index (Phi) is 3.11. The summed E-state index contributed by atoms with van der Waals surface area (Å²) in [6.07, 6.45) is 1.10. The molecule has 0 aliphatic rings. The van der Waals surface area contributed by atoms with Gasteiger partial charge in [-0.05, 0) is 46.9 Å². The van der Waals surface area contributed by atoms with Crippen LogP contribution in [-0.4, -0.2) is 0 Å². The Morgan fingerprint density at radius 3 is 2.73 bits per heavy atom. The van der Waals surface area contributed by atoms with Gasteiger partial charge in [-0.1, -0.05) is 48.0 Å². The van der Waals surface area contributed by atoms with E-state index >= 15 is 0 Å². The van der Waals surface area contributed by atoms with Gasteiger partial charge in [0.1, 0.15) is 0 Å². The van der Waals surface area contributed by atoms with E-state index in [4.69, 9.17) is 0 Å². The second kappa shape index (κ2) is 4.36. The minimum atomic E-state index is 0.689. The molecule has 15 heavy (non-hydrogen) atoms. The molecule has 77 valence electrons. The quantitative estimate of drug-likeness (QED) is 0.741. The molecule has 0 bridgehead atoms. The molecule has 2 rings (SSSR count). The van der Waals surface area contributed by atoms with Crippen LogP contribution in [0.1, 0.15) is 19.4 Å². The van der Waals surface area contributed by atoms with Gasteiger partial charge in [0.2, 0.25) is 0 Å². The van der Waals surface area contributed by atoms with Crippen molar-refractivity contribution >= 4 is 26.7 Å². The summed E-state index contributed by atoms with van der Waals surface area (Å²) in [5, 5.41) is 2.45. The summed E-state index contributed by atoms with van der Waals surface area (Å²) in [5.74, 6) is 0.689. The molecule has 0 aliphatic heterocycles. The third-order valence-corrected chi connectivity index (χ3v) is 2.89. The molecule has 0 aliphatic carbocycles. The Bertz CT molecular complexity index is 472. The summed E-state index contributed by atoms with van der Waals surface area (Å²) < 4.78 is 1.13. The first-order valence-electron chi connectivity index (χ1n) is 5.25. The lowest BCUT2D eigenvalue weighted by atomic mass is 10.00. The molecule has 0 unspecified atom stereocenters. The third-order valence-electron chi connectivity index (χ3n) is 2.40. The summed E-state index contributed by atoms with van der Waals surface area (Å²) >= 11 is 3.48. The van der Waals surface area contributed by atoms with Gasteiger partial charge in [0.25, 0.3) is 0 Å². The van der Waals surface area contributed by atoms with Crippen molar-refractivity contribution < 1.29 is 0 Å². The Morgan fingerprint density at radius 2 is 2.00 bits per heavy atom. The Hall–Kier alpha value is -0.820. The molecule has 0 fully saturated rings. The lowest BCUT2D eigenvalue weighted by Gasteiger charge is -2.06.